The van der Waals surface area contributed by atoms with Crippen LogP contribution in [0.1, 0.15) is 5.56 Å². The highest BCUT2D eigenvalue weighted by atomic mass is 32.2. The van der Waals surface area contributed by atoms with Gasteiger partial charge < -0.3 is 14.8 Å². The van der Waals surface area contributed by atoms with Crippen LogP contribution in [0.4, 0.5) is 20.2 Å². The summed E-state index contributed by atoms with van der Waals surface area (Å²) < 4.78 is 65.4. The summed E-state index contributed by atoms with van der Waals surface area (Å²) in [5.74, 6) is -1.75. The summed E-state index contributed by atoms with van der Waals surface area (Å²) >= 11 is 0. The molecule has 0 saturated carbocycles. The fraction of sp³-hybridized carbons (Fsp3) is 0.136. The molecule has 0 spiro atoms. The Hall–Kier alpha value is -3.66. The first-order valence-corrected chi connectivity index (χ1v) is 10.8. The highest BCUT2D eigenvalue weighted by Gasteiger charge is 2.17. The van der Waals surface area contributed by atoms with E-state index >= 15 is 0 Å². The molecular formula is C22H20F2N2O5S. The standard InChI is InChI=1S/C22H20F2N2O5S/c1-14-12-17(32(28,29)26-15-6-8-16(30-2)9-7-15)10-11-20(14)31-13-21(27)25-22-18(23)4-3-5-19(22)24/h3-12,26H,13H2,1-2H3,(H,25,27). The van der Waals surface area contributed by atoms with Crippen molar-refractivity contribution in [3.05, 3.63) is 77.9 Å². The number of carbonyl (C=O) groups is 1. The van der Waals surface area contributed by atoms with Gasteiger partial charge in [-0.2, -0.15) is 0 Å². The summed E-state index contributed by atoms with van der Waals surface area (Å²) in [5.41, 5.74) is 0.247. The lowest BCUT2D eigenvalue weighted by atomic mass is 10.2. The van der Waals surface area contributed by atoms with Gasteiger partial charge in [-0.1, -0.05) is 6.07 Å². The normalized spacial score (nSPS) is 11.0. The highest BCUT2D eigenvalue weighted by Crippen LogP contribution is 2.25. The minimum absolute atomic E-state index is 0.00366. The van der Waals surface area contributed by atoms with Crippen molar-refractivity contribution < 1.29 is 31.5 Å². The van der Waals surface area contributed by atoms with E-state index in [9.17, 15) is 22.0 Å². The Labute approximate surface area is 184 Å². The molecule has 3 aromatic carbocycles. The Morgan fingerprint density at radius 3 is 2.25 bits per heavy atom. The number of carbonyl (C=O) groups excluding carboxylic acids is 1. The van der Waals surface area contributed by atoms with Crippen LogP contribution in [-0.4, -0.2) is 28.0 Å². The molecule has 0 saturated heterocycles. The summed E-state index contributed by atoms with van der Waals surface area (Å²) in [6.07, 6.45) is 0. The third-order valence-electron chi connectivity index (χ3n) is 4.38. The lowest BCUT2D eigenvalue weighted by Crippen LogP contribution is -2.22. The quantitative estimate of drug-likeness (QED) is 0.526. The second-order valence-corrected chi connectivity index (χ2v) is 8.38. The molecule has 10 heteroatoms. The van der Waals surface area contributed by atoms with Crippen LogP contribution < -0.4 is 19.5 Å². The molecule has 0 heterocycles. The molecule has 3 aromatic rings. The molecule has 0 radical (unpaired) electrons. The molecule has 1 amide bonds. The minimum Gasteiger partial charge on any atom is -0.497 e. The van der Waals surface area contributed by atoms with Gasteiger partial charge in [0.2, 0.25) is 0 Å². The first-order valence-electron chi connectivity index (χ1n) is 9.34. The van der Waals surface area contributed by atoms with Gasteiger partial charge in [-0.15, -0.1) is 0 Å². The smallest absolute Gasteiger partial charge is 0.262 e. The molecule has 3 rings (SSSR count). The van der Waals surface area contributed by atoms with Crippen LogP contribution in [0.2, 0.25) is 0 Å². The van der Waals surface area contributed by atoms with Crippen LogP contribution in [0, 0.1) is 18.6 Å². The number of ether oxygens (including phenoxy) is 2. The second kappa shape index (κ2) is 9.65. The van der Waals surface area contributed by atoms with E-state index in [4.69, 9.17) is 9.47 Å². The molecule has 0 fully saturated rings. The molecule has 2 N–H and O–H groups in total. The Bertz CT molecular complexity index is 1210. The topological polar surface area (TPSA) is 93.7 Å². The predicted octanol–water partition coefficient (Wildman–Crippen LogP) is 4.10. The molecule has 0 aliphatic rings. The Morgan fingerprint density at radius 1 is 1.00 bits per heavy atom. The Balaban J connectivity index is 1.65. The first-order chi connectivity index (χ1) is 15.2. The number of aryl methyl sites for hydroxylation is 1. The van der Waals surface area contributed by atoms with Gasteiger partial charge in [-0.25, -0.2) is 17.2 Å². The summed E-state index contributed by atoms with van der Waals surface area (Å²) in [4.78, 5) is 12.0. The molecule has 0 unspecified atom stereocenters. The summed E-state index contributed by atoms with van der Waals surface area (Å²) in [5, 5.41) is 2.11. The van der Waals surface area contributed by atoms with E-state index in [1.165, 1.54) is 31.4 Å². The van der Waals surface area contributed by atoms with Crippen LogP contribution in [0.3, 0.4) is 0 Å². The van der Waals surface area contributed by atoms with Crippen LogP contribution in [0.5, 0.6) is 11.5 Å². The fourth-order valence-electron chi connectivity index (χ4n) is 2.76. The van der Waals surface area contributed by atoms with Crippen molar-refractivity contribution in [1.29, 1.82) is 0 Å². The highest BCUT2D eigenvalue weighted by molar-refractivity contribution is 7.92. The second-order valence-electron chi connectivity index (χ2n) is 6.69. The maximum atomic E-state index is 13.6. The van der Waals surface area contributed by atoms with Gasteiger partial charge in [0.1, 0.15) is 28.8 Å². The van der Waals surface area contributed by atoms with Crippen molar-refractivity contribution in [3.63, 3.8) is 0 Å². The Morgan fingerprint density at radius 2 is 1.66 bits per heavy atom. The van der Waals surface area contributed by atoms with Crippen molar-refractivity contribution >= 4 is 27.3 Å². The van der Waals surface area contributed by atoms with Crippen LogP contribution >= 0.6 is 0 Å². The molecule has 0 aromatic heterocycles. The number of para-hydroxylation sites is 1. The summed E-state index contributed by atoms with van der Waals surface area (Å²) in [6.45, 7) is 1.08. The lowest BCUT2D eigenvalue weighted by Gasteiger charge is -2.13. The Kier molecular flexibility index (Phi) is 6.94. The number of sulfonamides is 1. The average Bonchev–Trinajstić information content (AvgIpc) is 2.76. The third-order valence-corrected chi connectivity index (χ3v) is 5.76. The van der Waals surface area contributed by atoms with Gasteiger partial charge in [0.25, 0.3) is 15.9 Å². The molecule has 0 bridgehead atoms. The van der Waals surface area contributed by atoms with E-state index in [0.717, 1.165) is 12.1 Å². The lowest BCUT2D eigenvalue weighted by molar-refractivity contribution is -0.118. The number of halogens is 2. The number of benzene rings is 3. The van der Waals surface area contributed by atoms with Crippen LogP contribution in [-0.2, 0) is 14.8 Å². The summed E-state index contributed by atoms with van der Waals surface area (Å²) in [7, 11) is -2.36. The maximum absolute atomic E-state index is 13.6. The number of anilines is 2. The van der Waals surface area contributed by atoms with Crippen molar-refractivity contribution in [2.24, 2.45) is 0 Å². The molecule has 0 atom stereocenters. The molecule has 7 nitrogen and oxygen atoms in total. The van der Waals surface area contributed by atoms with Gasteiger partial charge in [-0.05, 0) is 67.1 Å². The van der Waals surface area contributed by atoms with Gasteiger partial charge in [-0.3, -0.25) is 9.52 Å². The van der Waals surface area contributed by atoms with E-state index < -0.39 is 39.9 Å². The molecule has 0 aliphatic carbocycles. The fourth-order valence-corrected chi connectivity index (χ4v) is 3.90. The SMILES string of the molecule is COc1ccc(NS(=O)(=O)c2ccc(OCC(=O)Nc3c(F)cccc3F)c(C)c2)cc1. The van der Waals surface area contributed by atoms with Crippen molar-refractivity contribution in [3.8, 4) is 11.5 Å². The first kappa shape index (κ1) is 23.0. The number of rotatable bonds is 8. The van der Waals surface area contributed by atoms with E-state index in [1.54, 1.807) is 31.2 Å². The number of hydrogen-bond acceptors (Lipinski definition) is 5. The zero-order chi connectivity index (χ0) is 23.3. The van der Waals surface area contributed by atoms with Crippen molar-refractivity contribution in [2.45, 2.75) is 11.8 Å². The van der Waals surface area contributed by atoms with Gasteiger partial charge in [0, 0.05) is 5.69 Å². The summed E-state index contributed by atoms with van der Waals surface area (Å²) in [6, 6.07) is 13.7. The van der Waals surface area contributed by atoms with E-state index in [-0.39, 0.29) is 10.6 Å². The number of nitrogens with one attached hydrogen (secondary N) is 2. The maximum Gasteiger partial charge on any atom is 0.262 e. The van der Waals surface area contributed by atoms with Crippen LogP contribution in [0.15, 0.2) is 65.6 Å². The van der Waals surface area contributed by atoms with Crippen molar-refractivity contribution in [1.82, 2.24) is 0 Å². The molecule has 168 valence electrons. The van der Waals surface area contributed by atoms with Crippen molar-refractivity contribution in [2.75, 3.05) is 23.8 Å². The minimum atomic E-state index is -3.86. The average molecular weight is 462 g/mol. The number of amides is 1. The van der Waals surface area contributed by atoms with E-state index in [2.05, 4.69) is 10.0 Å². The van der Waals surface area contributed by atoms with E-state index in [0.29, 0.717) is 17.0 Å². The van der Waals surface area contributed by atoms with Gasteiger partial charge >= 0.3 is 0 Å². The van der Waals surface area contributed by atoms with Gasteiger partial charge in [0.15, 0.2) is 6.61 Å². The van der Waals surface area contributed by atoms with Crippen LogP contribution in [0.25, 0.3) is 0 Å². The zero-order valence-electron chi connectivity index (χ0n) is 17.2. The van der Waals surface area contributed by atoms with Gasteiger partial charge in [0.05, 0.1) is 12.0 Å². The molecule has 32 heavy (non-hydrogen) atoms. The molecular weight excluding hydrogens is 442 g/mol. The monoisotopic (exact) mass is 462 g/mol. The largest absolute Gasteiger partial charge is 0.497 e. The number of methoxy groups -OCH3 is 1. The number of hydrogen-bond donors (Lipinski definition) is 2. The predicted molar refractivity (Wildman–Crippen MR) is 115 cm³/mol. The third kappa shape index (κ3) is 5.52. The zero-order valence-corrected chi connectivity index (χ0v) is 18.0. The molecule has 0 aliphatic heterocycles. The van der Waals surface area contributed by atoms with E-state index in [1.807, 2.05) is 0 Å².